The third kappa shape index (κ3) is 4.58. The molecule has 8 heteroatoms. The van der Waals surface area contributed by atoms with Crippen LogP contribution >= 0.6 is 38.2 Å². The van der Waals surface area contributed by atoms with E-state index in [2.05, 4.69) is 21.2 Å². The van der Waals surface area contributed by atoms with Gasteiger partial charge in [-0.1, -0.05) is 25.4 Å². The topological polar surface area (TPSA) is 63.2 Å². The number of halogens is 3. The van der Waals surface area contributed by atoms with Crippen LogP contribution in [0.1, 0.15) is 44.0 Å². The number of benzene rings is 1. The fourth-order valence-electron chi connectivity index (χ4n) is 1.66. The Morgan fingerprint density at radius 2 is 1.86 bits per heavy atom. The van der Waals surface area contributed by atoms with Gasteiger partial charge in [0, 0.05) is 20.7 Å². The molecule has 0 unspecified atom stereocenters. The van der Waals surface area contributed by atoms with Crippen molar-refractivity contribution in [2.45, 2.75) is 44.0 Å². The lowest BCUT2D eigenvalue weighted by Crippen LogP contribution is -2.45. The number of hydrogen-bond donors (Lipinski definition) is 1. The van der Waals surface area contributed by atoms with E-state index >= 15 is 0 Å². The molecule has 1 N–H and O–H groups in total. The molecule has 0 fully saturated rings. The van der Waals surface area contributed by atoms with Crippen LogP contribution in [0.3, 0.4) is 0 Å². The van der Waals surface area contributed by atoms with Crippen LogP contribution in [0.15, 0.2) is 21.5 Å². The number of amides is 1. The first-order chi connectivity index (χ1) is 9.54. The average Bonchev–Trinajstić information content (AvgIpc) is 2.36. The van der Waals surface area contributed by atoms with Crippen LogP contribution in [0.5, 0.6) is 0 Å². The molecule has 0 aromatic heterocycles. The SMILES string of the molecule is CCC(C)(CC)NC(=O)c1cc(S(=O)(=O)Cl)c(Br)cc1Cl. The van der Waals surface area contributed by atoms with Gasteiger partial charge >= 0.3 is 0 Å². The minimum atomic E-state index is -3.97. The number of carbonyl (C=O) groups is 1. The third-order valence-corrected chi connectivity index (χ3v) is 6.10. The van der Waals surface area contributed by atoms with Crippen LogP contribution in [0.25, 0.3) is 0 Å². The minimum Gasteiger partial charge on any atom is -0.347 e. The van der Waals surface area contributed by atoms with E-state index in [4.69, 9.17) is 22.3 Å². The Hall–Kier alpha value is -0.300. The zero-order chi connectivity index (χ0) is 16.4. The summed E-state index contributed by atoms with van der Waals surface area (Å²) in [5, 5.41) is 3.02. The number of rotatable bonds is 5. The quantitative estimate of drug-likeness (QED) is 0.726. The van der Waals surface area contributed by atoms with Gasteiger partial charge in [-0.2, -0.15) is 0 Å². The van der Waals surface area contributed by atoms with Crippen molar-refractivity contribution in [1.82, 2.24) is 5.32 Å². The lowest BCUT2D eigenvalue weighted by atomic mass is 9.95. The Morgan fingerprint density at radius 1 is 1.33 bits per heavy atom. The Labute approximate surface area is 142 Å². The highest BCUT2D eigenvalue weighted by molar-refractivity contribution is 9.10. The Bertz CT molecular complexity index is 658. The van der Waals surface area contributed by atoms with E-state index in [0.717, 1.165) is 12.8 Å². The van der Waals surface area contributed by atoms with E-state index in [1.165, 1.54) is 12.1 Å². The predicted molar refractivity (Wildman–Crippen MR) is 88.6 cm³/mol. The molecule has 0 saturated carbocycles. The number of hydrogen-bond acceptors (Lipinski definition) is 3. The first-order valence-corrected chi connectivity index (χ1v) is 9.78. The van der Waals surface area contributed by atoms with Crippen LogP contribution in [0.4, 0.5) is 0 Å². The van der Waals surface area contributed by atoms with Gasteiger partial charge in [-0.3, -0.25) is 4.79 Å². The molecule has 0 aliphatic carbocycles. The lowest BCUT2D eigenvalue weighted by Gasteiger charge is -2.28. The molecule has 1 amide bonds. The zero-order valence-electron chi connectivity index (χ0n) is 11.8. The summed E-state index contributed by atoms with van der Waals surface area (Å²) in [5.41, 5.74) is -0.305. The number of carbonyl (C=O) groups excluding carboxylic acids is 1. The van der Waals surface area contributed by atoms with Crippen molar-refractivity contribution < 1.29 is 13.2 Å². The highest BCUT2D eigenvalue weighted by Gasteiger charge is 2.26. The summed E-state index contributed by atoms with van der Waals surface area (Å²) >= 11 is 9.11. The minimum absolute atomic E-state index is 0.0761. The fourth-order valence-corrected chi connectivity index (χ4v) is 4.24. The monoisotopic (exact) mass is 415 g/mol. The molecule has 0 aliphatic rings. The van der Waals surface area contributed by atoms with Gasteiger partial charge in [0.2, 0.25) is 0 Å². The molecule has 1 aromatic rings. The molecule has 118 valence electrons. The first-order valence-electron chi connectivity index (χ1n) is 6.30. The summed E-state index contributed by atoms with van der Waals surface area (Å²) in [5.74, 6) is -0.430. The summed E-state index contributed by atoms with van der Waals surface area (Å²) in [6, 6.07) is 2.52. The van der Waals surface area contributed by atoms with Gasteiger partial charge in [0.05, 0.1) is 15.5 Å². The molecule has 0 bridgehead atoms. The maximum atomic E-state index is 12.3. The molecule has 0 radical (unpaired) electrons. The highest BCUT2D eigenvalue weighted by atomic mass is 79.9. The Morgan fingerprint density at radius 3 is 2.29 bits per heavy atom. The van der Waals surface area contributed by atoms with Crippen molar-refractivity contribution >= 4 is 53.2 Å². The van der Waals surface area contributed by atoms with E-state index in [1.807, 2.05) is 20.8 Å². The summed E-state index contributed by atoms with van der Waals surface area (Å²) in [6.45, 7) is 5.83. The fraction of sp³-hybridized carbons (Fsp3) is 0.462. The molecule has 21 heavy (non-hydrogen) atoms. The van der Waals surface area contributed by atoms with Crippen molar-refractivity contribution in [1.29, 1.82) is 0 Å². The van der Waals surface area contributed by atoms with Crippen LogP contribution < -0.4 is 5.32 Å². The van der Waals surface area contributed by atoms with Crippen LogP contribution in [0, 0.1) is 0 Å². The van der Waals surface area contributed by atoms with Crippen molar-refractivity contribution in [3.8, 4) is 0 Å². The largest absolute Gasteiger partial charge is 0.347 e. The van der Waals surface area contributed by atoms with Crippen molar-refractivity contribution in [3.05, 3.63) is 27.2 Å². The lowest BCUT2D eigenvalue weighted by molar-refractivity contribution is 0.0901. The van der Waals surface area contributed by atoms with Gasteiger partial charge < -0.3 is 5.32 Å². The first kappa shape index (κ1) is 18.7. The molecular formula is C13H16BrCl2NO3S. The van der Waals surface area contributed by atoms with Crippen LogP contribution in [-0.4, -0.2) is 19.9 Å². The van der Waals surface area contributed by atoms with Crippen molar-refractivity contribution in [2.24, 2.45) is 0 Å². The molecule has 1 rings (SSSR count). The second-order valence-electron chi connectivity index (χ2n) is 4.92. The van der Waals surface area contributed by atoms with Gasteiger partial charge in [-0.15, -0.1) is 0 Å². The van der Waals surface area contributed by atoms with Crippen LogP contribution in [0.2, 0.25) is 5.02 Å². The van der Waals surface area contributed by atoms with E-state index in [0.29, 0.717) is 0 Å². The Kier molecular flexibility index (Phi) is 6.12. The Balaban J connectivity index is 3.28. The maximum Gasteiger partial charge on any atom is 0.262 e. The third-order valence-electron chi connectivity index (χ3n) is 3.50. The second-order valence-corrected chi connectivity index (χ2v) is 8.72. The van der Waals surface area contributed by atoms with Gasteiger partial charge in [0.15, 0.2) is 0 Å². The maximum absolute atomic E-state index is 12.3. The summed E-state index contributed by atoms with van der Waals surface area (Å²) < 4.78 is 23.2. The van der Waals surface area contributed by atoms with E-state index in [-0.39, 0.29) is 25.5 Å². The van der Waals surface area contributed by atoms with Gasteiger partial charge in [-0.25, -0.2) is 8.42 Å². The van der Waals surface area contributed by atoms with Gasteiger partial charge in [0.25, 0.3) is 15.0 Å². The molecule has 0 aliphatic heterocycles. The molecular weight excluding hydrogens is 401 g/mol. The molecule has 1 aromatic carbocycles. The molecule has 0 atom stereocenters. The molecule has 0 heterocycles. The standard InChI is InChI=1S/C13H16BrCl2NO3S/c1-4-13(3,5-2)17-12(18)8-6-11(21(16,19)20)9(14)7-10(8)15/h6-7H,4-5H2,1-3H3,(H,17,18). The van der Waals surface area contributed by atoms with Gasteiger partial charge in [-0.05, 0) is 47.8 Å². The average molecular weight is 417 g/mol. The van der Waals surface area contributed by atoms with Crippen molar-refractivity contribution in [3.63, 3.8) is 0 Å². The zero-order valence-corrected chi connectivity index (χ0v) is 15.8. The molecule has 0 saturated heterocycles. The van der Waals surface area contributed by atoms with Crippen molar-refractivity contribution in [2.75, 3.05) is 0 Å². The summed E-state index contributed by atoms with van der Waals surface area (Å²) in [6.07, 6.45) is 1.48. The predicted octanol–water partition coefficient (Wildman–Crippen LogP) is 4.34. The van der Waals surface area contributed by atoms with E-state index in [9.17, 15) is 13.2 Å². The van der Waals surface area contributed by atoms with Gasteiger partial charge in [0.1, 0.15) is 0 Å². The number of nitrogens with one attached hydrogen (secondary N) is 1. The summed E-state index contributed by atoms with van der Waals surface area (Å²) in [4.78, 5) is 12.2. The van der Waals surface area contributed by atoms with E-state index < -0.39 is 15.0 Å². The molecule has 0 spiro atoms. The molecule has 4 nitrogen and oxygen atoms in total. The summed E-state index contributed by atoms with van der Waals surface area (Å²) in [7, 11) is 1.37. The highest BCUT2D eigenvalue weighted by Crippen LogP contribution is 2.31. The van der Waals surface area contributed by atoms with E-state index in [1.54, 1.807) is 0 Å². The van der Waals surface area contributed by atoms with Crippen LogP contribution in [-0.2, 0) is 9.05 Å². The normalized spacial score (nSPS) is 12.3. The smallest absolute Gasteiger partial charge is 0.262 e. The second kappa shape index (κ2) is 6.86.